The number of methoxy groups -OCH3 is 2. The van der Waals surface area contributed by atoms with E-state index < -0.39 is 29.2 Å². The average Bonchev–Trinajstić information content (AvgIpc) is 3.23. The normalized spacial score (nSPS) is 21.0. The van der Waals surface area contributed by atoms with Gasteiger partial charge in [0, 0.05) is 23.2 Å². The van der Waals surface area contributed by atoms with Crippen LogP contribution in [0.1, 0.15) is 27.4 Å². The van der Waals surface area contributed by atoms with Crippen LogP contribution in [-0.4, -0.2) is 32.1 Å². The van der Waals surface area contributed by atoms with E-state index in [1.807, 2.05) is 41.3 Å². The quantitative estimate of drug-likeness (QED) is 0.472. The molecule has 3 aromatic carbocycles. The number of para-hydroxylation sites is 1. The molecule has 7 heteroatoms. The van der Waals surface area contributed by atoms with E-state index in [1.165, 1.54) is 38.5 Å². The SMILES string of the molecule is COc1cc(OC)cc([C@@H]2[C@H](C(=O)c3ccc(F)cc3)N3c4ccccc4C=C[C@@H]3C2(C#N)C#N)c1. The van der Waals surface area contributed by atoms with E-state index in [1.54, 1.807) is 18.2 Å². The maximum atomic E-state index is 14.2. The number of rotatable bonds is 5. The number of ketones is 1. The summed E-state index contributed by atoms with van der Waals surface area (Å²) < 4.78 is 24.6. The molecule has 0 radical (unpaired) electrons. The maximum absolute atomic E-state index is 14.2. The number of carbonyl (C=O) groups is 1. The molecular weight excluding hydrogens is 457 g/mol. The van der Waals surface area contributed by atoms with Gasteiger partial charge < -0.3 is 14.4 Å². The fourth-order valence-corrected chi connectivity index (χ4v) is 5.40. The first-order chi connectivity index (χ1) is 17.5. The molecule has 2 aliphatic rings. The van der Waals surface area contributed by atoms with E-state index >= 15 is 0 Å². The Kier molecular flexibility index (Phi) is 5.70. The topological polar surface area (TPSA) is 86.3 Å². The Morgan fingerprint density at radius 2 is 1.61 bits per heavy atom. The Morgan fingerprint density at radius 3 is 2.22 bits per heavy atom. The third-order valence-corrected chi connectivity index (χ3v) is 7.05. The molecular formula is C29H22FN3O3. The summed E-state index contributed by atoms with van der Waals surface area (Å²) in [5.74, 6) is -0.690. The van der Waals surface area contributed by atoms with Crippen LogP contribution in [0.5, 0.6) is 11.5 Å². The molecule has 0 bridgehead atoms. The predicted octanol–water partition coefficient (Wildman–Crippen LogP) is 5.13. The molecule has 0 amide bonds. The van der Waals surface area contributed by atoms with Crippen LogP contribution in [0.3, 0.4) is 0 Å². The number of carbonyl (C=O) groups excluding carboxylic acids is 1. The van der Waals surface area contributed by atoms with Gasteiger partial charge in [-0.05, 0) is 53.6 Å². The minimum atomic E-state index is -1.61. The van der Waals surface area contributed by atoms with Gasteiger partial charge in [0.25, 0.3) is 0 Å². The van der Waals surface area contributed by atoms with Gasteiger partial charge in [-0.25, -0.2) is 4.39 Å². The second-order valence-electron chi connectivity index (χ2n) is 8.80. The summed E-state index contributed by atoms with van der Waals surface area (Å²) in [4.78, 5) is 16.0. The molecule has 0 unspecified atom stereocenters. The molecule has 3 atom stereocenters. The van der Waals surface area contributed by atoms with Crippen LogP contribution in [0.2, 0.25) is 0 Å². The molecule has 36 heavy (non-hydrogen) atoms. The Hall–Kier alpha value is -4.62. The Labute approximate surface area is 208 Å². The highest BCUT2D eigenvalue weighted by Gasteiger charge is 2.63. The van der Waals surface area contributed by atoms with Gasteiger partial charge in [-0.2, -0.15) is 10.5 Å². The lowest BCUT2D eigenvalue weighted by Gasteiger charge is -2.35. The number of nitriles is 2. The summed E-state index contributed by atoms with van der Waals surface area (Å²) in [6.45, 7) is 0. The second-order valence-corrected chi connectivity index (χ2v) is 8.80. The molecule has 0 aromatic heterocycles. The van der Waals surface area contributed by atoms with Crippen LogP contribution in [0.4, 0.5) is 10.1 Å². The van der Waals surface area contributed by atoms with E-state index in [0.717, 1.165) is 11.3 Å². The Morgan fingerprint density at radius 1 is 0.972 bits per heavy atom. The molecule has 3 aromatic rings. The summed E-state index contributed by atoms with van der Waals surface area (Å²) in [7, 11) is 3.02. The number of anilines is 1. The van der Waals surface area contributed by atoms with Gasteiger partial charge in [-0.1, -0.05) is 30.4 Å². The third-order valence-electron chi connectivity index (χ3n) is 7.05. The fraction of sp³-hybridized carbons (Fsp3) is 0.207. The van der Waals surface area contributed by atoms with E-state index in [0.29, 0.717) is 22.6 Å². The molecule has 1 saturated heterocycles. The van der Waals surface area contributed by atoms with Crippen molar-refractivity contribution in [2.75, 3.05) is 19.1 Å². The van der Waals surface area contributed by atoms with E-state index in [4.69, 9.17) is 9.47 Å². The van der Waals surface area contributed by atoms with E-state index in [9.17, 15) is 19.7 Å². The second kappa shape index (κ2) is 8.87. The lowest BCUT2D eigenvalue weighted by atomic mass is 9.69. The average molecular weight is 480 g/mol. The minimum Gasteiger partial charge on any atom is -0.497 e. The van der Waals surface area contributed by atoms with Crippen LogP contribution < -0.4 is 14.4 Å². The number of Topliss-reactive ketones (excluding diaryl/α,β-unsaturated/α-hetero) is 1. The number of fused-ring (bicyclic) bond motifs is 3. The number of benzene rings is 3. The van der Waals surface area contributed by atoms with Crippen molar-refractivity contribution in [2.45, 2.75) is 18.0 Å². The van der Waals surface area contributed by atoms with Gasteiger partial charge in [0.2, 0.25) is 0 Å². The molecule has 0 aliphatic carbocycles. The molecule has 0 spiro atoms. The molecule has 0 saturated carbocycles. The fourth-order valence-electron chi connectivity index (χ4n) is 5.40. The van der Waals surface area contributed by atoms with Gasteiger partial charge in [0.05, 0.1) is 32.4 Å². The predicted molar refractivity (Wildman–Crippen MR) is 132 cm³/mol. The minimum absolute atomic E-state index is 0.290. The molecule has 0 N–H and O–H groups in total. The molecule has 6 nitrogen and oxygen atoms in total. The van der Waals surface area contributed by atoms with Crippen molar-refractivity contribution in [3.8, 4) is 23.6 Å². The van der Waals surface area contributed by atoms with Gasteiger partial charge in [0.1, 0.15) is 23.4 Å². The van der Waals surface area contributed by atoms with E-state index in [2.05, 4.69) is 12.1 Å². The zero-order valence-corrected chi connectivity index (χ0v) is 19.7. The zero-order valence-electron chi connectivity index (χ0n) is 19.7. The molecule has 1 fully saturated rings. The number of ether oxygens (including phenoxy) is 2. The smallest absolute Gasteiger partial charge is 0.185 e. The van der Waals surface area contributed by atoms with E-state index in [-0.39, 0.29) is 5.78 Å². The highest BCUT2D eigenvalue weighted by atomic mass is 19.1. The van der Waals surface area contributed by atoms with Crippen LogP contribution >= 0.6 is 0 Å². The summed E-state index contributed by atoms with van der Waals surface area (Å²) in [6.07, 6.45) is 3.70. The Balaban J connectivity index is 1.80. The van der Waals surface area contributed by atoms with Gasteiger partial charge in [0.15, 0.2) is 11.2 Å². The van der Waals surface area contributed by atoms with Crippen molar-refractivity contribution in [3.05, 3.63) is 95.3 Å². The van der Waals surface area contributed by atoms with Crippen LogP contribution in [0, 0.1) is 33.9 Å². The van der Waals surface area contributed by atoms with Crippen molar-refractivity contribution in [1.82, 2.24) is 0 Å². The molecule has 178 valence electrons. The summed E-state index contributed by atoms with van der Waals surface area (Å²) in [5, 5.41) is 21.1. The third kappa shape index (κ3) is 3.40. The van der Waals surface area contributed by atoms with Crippen molar-refractivity contribution in [1.29, 1.82) is 10.5 Å². The van der Waals surface area contributed by atoms with Crippen LogP contribution in [0.15, 0.2) is 72.8 Å². The van der Waals surface area contributed by atoms with Crippen molar-refractivity contribution in [3.63, 3.8) is 0 Å². The summed E-state index contributed by atoms with van der Waals surface area (Å²) in [6, 6.07) is 21.0. The van der Waals surface area contributed by atoms with Crippen LogP contribution in [0.25, 0.3) is 6.08 Å². The highest BCUT2D eigenvalue weighted by molar-refractivity contribution is 6.04. The zero-order chi connectivity index (χ0) is 25.4. The summed E-state index contributed by atoms with van der Waals surface area (Å²) >= 11 is 0. The number of hydrogen-bond donors (Lipinski definition) is 0. The Bertz CT molecular complexity index is 1420. The number of nitrogens with zero attached hydrogens (tertiary/aromatic N) is 3. The number of halogens is 1. The van der Waals surface area contributed by atoms with Crippen molar-refractivity contribution >= 4 is 17.5 Å². The van der Waals surface area contributed by atoms with Gasteiger partial charge >= 0.3 is 0 Å². The maximum Gasteiger partial charge on any atom is 0.185 e. The van der Waals surface area contributed by atoms with Gasteiger partial charge in [-0.3, -0.25) is 4.79 Å². The van der Waals surface area contributed by atoms with Crippen molar-refractivity contribution < 1.29 is 18.7 Å². The lowest BCUT2D eigenvalue weighted by Crippen LogP contribution is -2.44. The highest BCUT2D eigenvalue weighted by Crippen LogP contribution is 2.56. The molecule has 5 rings (SSSR count). The monoisotopic (exact) mass is 479 g/mol. The largest absolute Gasteiger partial charge is 0.497 e. The van der Waals surface area contributed by atoms with Crippen LogP contribution in [-0.2, 0) is 0 Å². The first-order valence-electron chi connectivity index (χ1n) is 11.4. The molecule has 2 aliphatic heterocycles. The first-order valence-corrected chi connectivity index (χ1v) is 11.4. The van der Waals surface area contributed by atoms with Gasteiger partial charge in [-0.15, -0.1) is 0 Å². The first kappa shape index (κ1) is 23.1. The lowest BCUT2D eigenvalue weighted by molar-refractivity contribution is 0.0950. The summed E-state index contributed by atoms with van der Waals surface area (Å²) in [5.41, 5.74) is 0.868. The molecule has 2 heterocycles. The number of hydrogen-bond acceptors (Lipinski definition) is 6. The van der Waals surface area contributed by atoms with Crippen molar-refractivity contribution in [2.24, 2.45) is 5.41 Å². The standard InChI is InChI=1S/C29H22FN3O3/c1-35-22-13-20(14-23(15-22)36-2)26-27(28(34)19-7-10-21(30)11-8-19)33-24-6-4-3-5-18(24)9-12-25(33)29(26,16-31)17-32/h3-15,25-27H,1-2H3/t25-,26-,27-/m1/s1.